The average molecular weight is 641 g/mol. The number of carbonyl (C=O) groups excluding carboxylic acids is 2. The van der Waals surface area contributed by atoms with Crippen LogP contribution in [0.2, 0.25) is 0 Å². The number of allylic oxidation sites excluding steroid dienone is 1. The highest BCUT2D eigenvalue weighted by molar-refractivity contribution is 5.94. The molecule has 3 aromatic rings. The van der Waals surface area contributed by atoms with Gasteiger partial charge in [0.1, 0.15) is 23.1 Å². The Bertz CT molecular complexity index is 1740. The van der Waals surface area contributed by atoms with Crippen LogP contribution < -0.4 is 14.8 Å². The fourth-order valence-electron chi connectivity index (χ4n) is 7.12. The fourth-order valence-corrected chi connectivity index (χ4v) is 7.12. The standard InChI is InChI=1S/C37H44N4O6/c1-21(2)28-12-10-13-29(38-28)30-19-32(25-14-15-31(46-5)22(3)33(25)39-30)47-24-17-26-27(18-24)35(43)41(4)16-9-7-6-8-11-23-20-37(23,36(44)45)40-34(26)42/h8,10-15,19,21,23-24,26-27H,6-7,9,16-18,20H2,1-5H3,(H,40,42)(H,44,45)/b11-8-/t23-,24-,26-,27-,37?/m1/s1. The van der Waals surface area contributed by atoms with E-state index in [1.807, 2.05) is 55.5 Å². The molecule has 0 radical (unpaired) electrons. The van der Waals surface area contributed by atoms with Crippen LogP contribution in [-0.4, -0.2) is 70.1 Å². The van der Waals surface area contributed by atoms with Crippen molar-refractivity contribution in [3.63, 3.8) is 0 Å². The zero-order valence-electron chi connectivity index (χ0n) is 27.8. The normalized spacial score (nSPS) is 27.1. The Morgan fingerprint density at radius 3 is 2.60 bits per heavy atom. The monoisotopic (exact) mass is 640 g/mol. The molecule has 0 bridgehead atoms. The molecule has 2 saturated carbocycles. The van der Waals surface area contributed by atoms with E-state index in [0.29, 0.717) is 42.3 Å². The Balaban J connectivity index is 1.36. The highest BCUT2D eigenvalue weighted by Gasteiger charge is 2.61. The van der Waals surface area contributed by atoms with Gasteiger partial charge in [0.15, 0.2) is 0 Å². The summed E-state index contributed by atoms with van der Waals surface area (Å²) in [7, 11) is 3.40. The molecular formula is C37H44N4O6. The number of carboxylic acid groups (broad SMARTS) is 1. The molecule has 2 N–H and O–H groups in total. The van der Waals surface area contributed by atoms with Gasteiger partial charge in [-0.1, -0.05) is 32.1 Å². The Morgan fingerprint density at radius 2 is 1.85 bits per heavy atom. The Morgan fingerprint density at radius 1 is 1.06 bits per heavy atom. The summed E-state index contributed by atoms with van der Waals surface area (Å²) < 4.78 is 12.3. The molecule has 248 valence electrons. The van der Waals surface area contributed by atoms with Crippen molar-refractivity contribution in [1.29, 1.82) is 0 Å². The molecule has 10 heteroatoms. The van der Waals surface area contributed by atoms with E-state index in [0.717, 1.165) is 41.4 Å². The minimum absolute atomic E-state index is 0.115. The zero-order valence-corrected chi connectivity index (χ0v) is 27.8. The maximum atomic E-state index is 13.9. The largest absolute Gasteiger partial charge is 0.496 e. The maximum absolute atomic E-state index is 13.9. The molecule has 2 fully saturated rings. The number of aryl methyl sites for hydroxylation is 1. The van der Waals surface area contributed by atoms with Gasteiger partial charge < -0.3 is 24.8 Å². The smallest absolute Gasteiger partial charge is 0.330 e. The number of fused-ring (bicyclic) bond motifs is 3. The summed E-state index contributed by atoms with van der Waals surface area (Å²) in [6.07, 6.45) is 6.93. The van der Waals surface area contributed by atoms with E-state index in [1.165, 1.54) is 0 Å². The van der Waals surface area contributed by atoms with E-state index in [-0.39, 0.29) is 24.2 Å². The van der Waals surface area contributed by atoms with Crippen LogP contribution in [0.15, 0.2) is 48.6 Å². The first kappa shape index (κ1) is 32.5. The Labute approximate surface area is 275 Å². The van der Waals surface area contributed by atoms with Crippen molar-refractivity contribution in [1.82, 2.24) is 20.2 Å². The molecule has 1 unspecified atom stereocenters. The van der Waals surface area contributed by atoms with E-state index in [2.05, 4.69) is 19.2 Å². The first-order valence-electron chi connectivity index (χ1n) is 16.6. The minimum atomic E-state index is -1.33. The molecule has 1 aliphatic heterocycles. The lowest BCUT2D eigenvalue weighted by Crippen LogP contribution is -2.49. The Kier molecular flexibility index (Phi) is 8.96. The number of aliphatic carboxylic acids is 1. The SMILES string of the molecule is COc1ccc2c(O[C@@H]3C[C@H]4C(=O)NC5(C(=O)O)C[C@H]5/C=C\CCCCN(C)C(=O)[C@@H]4C3)cc(-c3cccc(C(C)C)n3)nc2c1C. The van der Waals surface area contributed by atoms with Crippen LogP contribution in [0.4, 0.5) is 0 Å². The van der Waals surface area contributed by atoms with Crippen molar-refractivity contribution in [3.05, 3.63) is 59.8 Å². The van der Waals surface area contributed by atoms with Gasteiger partial charge in [0.25, 0.3) is 0 Å². The summed E-state index contributed by atoms with van der Waals surface area (Å²) in [5, 5.41) is 13.7. The van der Waals surface area contributed by atoms with E-state index in [9.17, 15) is 19.5 Å². The van der Waals surface area contributed by atoms with Crippen molar-refractivity contribution >= 4 is 28.7 Å². The van der Waals surface area contributed by atoms with Crippen LogP contribution in [0.25, 0.3) is 22.3 Å². The maximum Gasteiger partial charge on any atom is 0.330 e. The number of ether oxygens (including phenoxy) is 2. The topological polar surface area (TPSA) is 131 Å². The van der Waals surface area contributed by atoms with Crippen LogP contribution in [0.1, 0.15) is 69.5 Å². The molecule has 10 nitrogen and oxygen atoms in total. The fraction of sp³-hybridized carbons (Fsp3) is 0.486. The molecule has 2 aliphatic carbocycles. The predicted molar refractivity (Wildman–Crippen MR) is 178 cm³/mol. The van der Waals surface area contributed by atoms with Gasteiger partial charge in [-0.2, -0.15) is 0 Å². The molecular weight excluding hydrogens is 596 g/mol. The van der Waals surface area contributed by atoms with Crippen LogP contribution in [0.5, 0.6) is 11.5 Å². The quantitative estimate of drug-likeness (QED) is 0.330. The summed E-state index contributed by atoms with van der Waals surface area (Å²) in [6.45, 7) is 6.73. The predicted octanol–water partition coefficient (Wildman–Crippen LogP) is 5.67. The lowest BCUT2D eigenvalue weighted by molar-refractivity contribution is -0.145. The van der Waals surface area contributed by atoms with Crippen molar-refractivity contribution in [3.8, 4) is 22.9 Å². The number of carbonyl (C=O) groups is 3. The molecule has 2 aromatic heterocycles. The highest BCUT2D eigenvalue weighted by atomic mass is 16.5. The Hall–Kier alpha value is -4.47. The van der Waals surface area contributed by atoms with Gasteiger partial charge >= 0.3 is 5.97 Å². The molecule has 2 amide bonds. The summed E-state index contributed by atoms with van der Waals surface area (Å²) >= 11 is 0. The van der Waals surface area contributed by atoms with E-state index in [4.69, 9.17) is 19.4 Å². The van der Waals surface area contributed by atoms with Crippen LogP contribution in [0.3, 0.4) is 0 Å². The number of methoxy groups -OCH3 is 1. The molecule has 6 rings (SSSR count). The van der Waals surface area contributed by atoms with Gasteiger partial charge in [0.05, 0.1) is 35.9 Å². The number of hydrogen-bond acceptors (Lipinski definition) is 7. The lowest BCUT2D eigenvalue weighted by Gasteiger charge is -2.26. The van der Waals surface area contributed by atoms with Gasteiger partial charge in [-0.25, -0.2) is 9.78 Å². The number of pyridine rings is 2. The molecule has 3 heterocycles. The number of benzene rings is 1. The summed E-state index contributed by atoms with van der Waals surface area (Å²) in [6, 6.07) is 11.6. The van der Waals surface area contributed by atoms with Gasteiger partial charge in [0.2, 0.25) is 11.8 Å². The van der Waals surface area contributed by atoms with Crippen molar-refractivity contribution in [2.45, 2.75) is 76.9 Å². The van der Waals surface area contributed by atoms with Gasteiger partial charge in [-0.05, 0) is 75.6 Å². The number of hydrogen-bond donors (Lipinski definition) is 2. The second-order valence-electron chi connectivity index (χ2n) is 13.6. The minimum Gasteiger partial charge on any atom is -0.496 e. The number of rotatable bonds is 6. The molecule has 47 heavy (non-hydrogen) atoms. The van der Waals surface area contributed by atoms with Gasteiger partial charge in [-0.3, -0.25) is 14.6 Å². The van der Waals surface area contributed by atoms with Crippen molar-refractivity contribution in [2.24, 2.45) is 17.8 Å². The van der Waals surface area contributed by atoms with Crippen molar-refractivity contribution < 1.29 is 29.0 Å². The molecule has 1 aromatic carbocycles. The molecule has 0 spiro atoms. The van der Waals surface area contributed by atoms with E-state index in [1.54, 1.807) is 19.1 Å². The second-order valence-corrected chi connectivity index (χ2v) is 13.6. The third-order valence-electron chi connectivity index (χ3n) is 10.1. The molecule has 5 atom stereocenters. The molecule has 3 aliphatic rings. The summed E-state index contributed by atoms with van der Waals surface area (Å²) in [5.41, 5.74) is 2.56. The number of nitrogens with zero attached hydrogens (tertiary/aromatic N) is 3. The zero-order chi connectivity index (χ0) is 33.5. The number of carboxylic acids is 1. The first-order chi connectivity index (χ1) is 22.5. The van der Waals surface area contributed by atoms with Crippen LogP contribution >= 0.6 is 0 Å². The number of amides is 2. The number of aromatic nitrogens is 2. The number of nitrogens with one attached hydrogen (secondary N) is 1. The first-order valence-corrected chi connectivity index (χ1v) is 16.6. The van der Waals surface area contributed by atoms with Crippen LogP contribution in [0, 0.1) is 24.7 Å². The summed E-state index contributed by atoms with van der Waals surface area (Å²) in [4.78, 5) is 51.6. The highest BCUT2D eigenvalue weighted by Crippen LogP contribution is 2.47. The van der Waals surface area contributed by atoms with Gasteiger partial charge in [0, 0.05) is 42.2 Å². The van der Waals surface area contributed by atoms with E-state index >= 15 is 0 Å². The van der Waals surface area contributed by atoms with Crippen LogP contribution in [-0.2, 0) is 14.4 Å². The van der Waals surface area contributed by atoms with E-state index < -0.39 is 35.4 Å². The molecule has 0 saturated heterocycles. The van der Waals surface area contributed by atoms with Crippen molar-refractivity contribution in [2.75, 3.05) is 20.7 Å². The third kappa shape index (κ3) is 6.30. The third-order valence-corrected chi connectivity index (χ3v) is 10.1. The second kappa shape index (κ2) is 13.0. The summed E-state index contributed by atoms with van der Waals surface area (Å²) in [5.74, 6) is -1.67. The lowest BCUT2D eigenvalue weighted by atomic mass is 9.93. The van der Waals surface area contributed by atoms with Gasteiger partial charge in [-0.15, -0.1) is 0 Å². The average Bonchev–Trinajstić information content (AvgIpc) is 3.59.